The minimum atomic E-state index is 0.355. The molecule has 3 rings (SSSR count). The molecule has 3 atom stereocenters. The highest BCUT2D eigenvalue weighted by Crippen LogP contribution is 2.35. The van der Waals surface area contributed by atoms with Crippen molar-refractivity contribution in [2.24, 2.45) is 5.92 Å². The number of hydrogen-bond donors (Lipinski definition) is 0. The van der Waals surface area contributed by atoms with E-state index in [0.29, 0.717) is 24.7 Å². The molecule has 1 aliphatic heterocycles. The topological polar surface area (TPSA) is 21.7 Å². The number of morpholine rings is 1. The standard InChI is InChI=1S/C16H23NO2S/c1-2-8-18-12-13-5-6-15-16(13)19-9-7-17(15)11-14-4-3-10-20-14/h2-4,10,13,15-16H,1,5-9,11-12H2/t13-,15+,16-/m0/s1. The fourth-order valence-corrected chi connectivity index (χ4v) is 4.15. The quantitative estimate of drug-likeness (QED) is 0.594. The maximum Gasteiger partial charge on any atom is 0.0781 e. The third kappa shape index (κ3) is 3.14. The Kier molecular flexibility index (Phi) is 4.89. The van der Waals surface area contributed by atoms with Gasteiger partial charge < -0.3 is 9.47 Å². The lowest BCUT2D eigenvalue weighted by Crippen LogP contribution is -2.50. The Bertz CT molecular complexity index is 420. The molecule has 0 amide bonds. The van der Waals surface area contributed by atoms with Gasteiger partial charge in [0.25, 0.3) is 0 Å². The van der Waals surface area contributed by atoms with Crippen molar-refractivity contribution in [3.63, 3.8) is 0 Å². The fourth-order valence-electron chi connectivity index (χ4n) is 3.42. The molecule has 1 saturated heterocycles. The van der Waals surface area contributed by atoms with Crippen molar-refractivity contribution in [3.05, 3.63) is 35.0 Å². The third-order valence-electron chi connectivity index (χ3n) is 4.34. The van der Waals surface area contributed by atoms with Gasteiger partial charge in [-0.3, -0.25) is 4.90 Å². The lowest BCUT2D eigenvalue weighted by atomic mass is 10.0. The first-order chi connectivity index (χ1) is 9.88. The van der Waals surface area contributed by atoms with E-state index in [4.69, 9.17) is 9.47 Å². The molecular formula is C16H23NO2S. The molecule has 110 valence electrons. The Morgan fingerprint density at radius 1 is 1.50 bits per heavy atom. The maximum atomic E-state index is 6.05. The van der Waals surface area contributed by atoms with E-state index in [9.17, 15) is 0 Å². The largest absolute Gasteiger partial charge is 0.377 e. The molecule has 1 saturated carbocycles. The summed E-state index contributed by atoms with van der Waals surface area (Å²) in [7, 11) is 0. The van der Waals surface area contributed by atoms with Gasteiger partial charge in [0.05, 0.1) is 25.9 Å². The second-order valence-electron chi connectivity index (χ2n) is 5.62. The Morgan fingerprint density at radius 2 is 2.45 bits per heavy atom. The van der Waals surface area contributed by atoms with Gasteiger partial charge in [-0.05, 0) is 24.3 Å². The average molecular weight is 293 g/mol. The van der Waals surface area contributed by atoms with Crippen LogP contribution in [0.15, 0.2) is 30.2 Å². The van der Waals surface area contributed by atoms with Gasteiger partial charge in [0.1, 0.15) is 0 Å². The van der Waals surface area contributed by atoms with Crippen LogP contribution in [0.5, 0.6) is 0 Å². The highest BCUT2D eigenvalue weighted by Gasteiger charge is 2.42. The van der Waals surface area contributed by atoms with E-state index < -0.39 is 0 Å². The van der Waals surface area contributed by atoms with Gasteiger partial charge in [-0.25, -0.2) is 0 Å². The summed E-state index contributed by atoms with van der Waals surface area (Å²) in [5.74, 6) is 0.547. The van der Waals surface area contributed by atoms with Crippen molar-refractivity contribution in [2.45, 2.75) is 31.5 Å². The molecule has 1 aromatic heterocycles. The number of ether oxygens (including phenoxy) is 2. The molecule has 1 aromatic rings. The van der Waals surface area contributed by atoms with E-state index >= 15 is 0 Å². The summed E-state index contributed by atoms with van der Waals surface area (Å²) in [6.45, 7) is 8.13. The lowest BCUT2D eigenvalue weighted by Gasteiger charge is -2.39. The first-order valence-corrected chi connectivity index (χ1v) is 8.33. The van der Waals surface area contributed by atoms with E-state index in [0.717, 1.165) is 26.3 Å². The highest BCUT2D eigenvalue weighted by molar-refractivity contribution is 7.09. The van der Waals surface area contributed by atoms with Gasteiger partial charge in [-0.2, -0.15) is 0 Å². The fraction of sp³-hybridized carbons (Fsp3) is 0.625. The predicted octanol–water partition coefficient (Wildman–Crippen LogP) is 2.93. The molecule has 2 fully saturated rings. The molecule has 20 heavy (non-hydrogen) atoms. The van der Waals surface area contributed by atoms with Crippen LogP contribution in [0.25, 0.3) is 0 Å². The van der Waals surface area contributed by atoms with E-state index in [1.807, 2.05) is 17.4 Å². The van der Waals surface area contributed by atoms with Crippen molar-refractivity contribution in [3.8, 4) is 0 Å². The molecule has 0 spiro atoms. The highest BCUT2D eigenvalue weighted by atomic mass is 32.1. The molecule has 0 N–H and O–H groups in total. The van der Waals surface area contributed by atoms with Crippen LogP contribution in [-0.2, 0) is 16.0 Å². The Morgan fingerprint density at radius 3 is 3.25 bits per heavy atom. The van der Waals surface area contributed by atoms with Crippen LogP contribution in [0.3, 0.4) is 0 Å². The zero-order valence-corrected chi connectivity index (χ0v) is 12.7. The molecule has 0 bridgehead atoms. The zero-order chi connectivity index (χ0) is 13.8. The van der Waals surface area contributed by atoms with Gasteiger partial charge in [0.15, 0.2) is 0 Å². The van der Waals surface area contributed by atoms with Crippen molar-refractivity contribution < 1.29 is 9.47 Å². The van der Waals surface area contributed by atoms with Crippen LogP contribution < -0.4 is 0 Å². The number of fused-ring (bicyclic) bond motifs is 1. The average Bonchev–Trinajstić information content (AvgIpc) is 3.10. The van der Waals surface area contributed by atoms with Crippen LogP contribution >= 0.6 is 11.3 Å². The molecule has 0 radical (unpaired) electrons. The normalized spacial score (nSPS) is 30.3. The first-order valence-electron chi connectivity index (χ1n) is 7.45. The van der Waals surface area contributed by atoms with Gasteiger partial charge in [0, 0.05) is 29.9 Å². The summed E-state index contributed by atoms with van der Waals surface area (Å²) in [4.78, 5) is 4.06. The molecule has 2 aliphatic rings. The summed E-state index contributed by atoms with van der Waals surface area (Å²) < 4.78 is 11.7. The molecule has 0 unspecified atom stereocenters. The monoisotopic (exact) mass is 293 g/mol. The number of nitrogens with zero attached hydrogens (tertiary/aromatic N) is 1. The van der Waals surface area contributed by atoms with Crippen LogP contribution in [0, 0.1) is 5.92 Å². The number of thiophene rings is 1. The minimum absolute atomic E-state index is 0.355. The van der Waals surface area contributed by atoms with E-state index in [1.165, 1.54) is 17.7 Å². The van der Waals surface area contributed by atoms with Gasteiger partial charge >= 0.3 is 0 Å². The molecule has 4 heteroatoms. The van der Waals surface area contributed by atoms with Crippen LogP contribution in [-0.4, -0.2) is 43.4 Å². The van der Waals surface area contributed by atoms with Crippen molar-refractivity contribution >= 4 is 11.3 Å². The number of rotatable bonds is 6. The molecule has 3 nitrogen and oxygen atoms in total. The molecule has 2 heterocycles. The van der Waals surface area contributed by atoms with Crippen molar-refractivity contribution in [1.82, 2.24) is 4.90 Å². The number of hydrogen-bond acceptors (Lipinski definition) is 4. The maximum absolute atomic E-state index is 6.05. The summed E-state index contributed by atoms with van der Waals surface area (Å²) in [6.07, 6.45) is 4.62. The van der Waals surface area contributed by atoms with E-state index in [-0.39, 0.29) is 0 Å². The van der Waals surface area contributed by atoms with Gasteiger partial charge in [-0.15, -0.1) is 17.9 Å². The third-order valence-corrected chi connectivity index (χ3v) is 5.20. The predicted molar refractivity (Wildman–Crippen MR) is 82.0 cm³/mol. The van der Waals surface area contributed by atoms with Gasteiger partial charge in [-0.1, -0.05) is 12.1 Å². The first kappa shape index (κ1) is 14.3. The summed E-state index contributed by atoms with van der Waals surface area (Å²) >= 11 is 1.85. The van der Waals surface area contributed by atoms with Crippen molar-refractivity contribution in [2.75, 3.05) is 26.4 Å². The Hall–Kier alpha value is -0.680. The van der Waals surface area contributed by atoms with Crippen LogP contribution in [0.2, 0.25) is 0 Å². The zero-order valence-electron chi connectivity index (χ0n) is 11.9. The SMILES string of the molecule is C=CCOC[C@@H]1CC[C@@H]2[C@H]1OCCN2Cc1cccs1. The summed E-state index contributed by atoms with van der Waals surface area (Å²) in [6, 6.07) is 4.94. The molecule has 1 aliphatic carbocycles. The Balaban J connectivity index is 1.58. The second kappa shape index (κ2) is 6.85. The van der Waals surface area contributed by atoms with Crippen LogP contribution in [0.4, 0.5) is 0 Å². The van der Waals surface area contributed by atoms with E-state index in [1.54, 1.807) is 0 Å². The van der Waals surface area contributed by atoms with Crippen molar-refractivity contribution in [1.29, 1.82) is 0 Å². The summed E-state index contributed by atoms with van der Waals surface area (Å²) in [5.41, 5.74) is 0. The van der Waals surface area contributed by atoms with E-state index in [2.05, 4.69) is 29.0 Å². The molecular weight excluding hydrogens is 270 g/mol. The summed E-state index contributed by atoms with van der Waals surface area (Å²) in [5, 5.41) is 2.16. The smallest absolute Gasteiger partial charge is 0.0781 e. The van der Waals surface area contributed by atoms with Gasteiger partial charge in [0.2, 0.25) is 0 Å². The minimum Gasteiger partial charge on any atom is -0.377 e. The van der Waals surface area contributed by atoms with Crippen LogP contribution in [0.1, 0.15) is 17.7 Å². The second-order valence-corrected chi connectivity index (χ2v) is 6.65. The molecule has 0 aromatic carbocycles. The lowest BCUT2D eigenvalue weighted by molar-refractivity contribution is -0.0866. The Labute approximate surface area is 125 Å².